The first-order valence-electron chi connectivity index (χ1n) is 6.56. The van der Waals surface area contributed by atoms with Crippen molar-refractivity contribution in [2.24, 2.45) is 4.99 Å². The molecule has 5 heteroatoms. The van der Waals surface area contributed by atoms with Crippen LogP contribution in [-0.4, -0.2) is 41.6 Å². The van der Waals surface area contributed by atoms with Crippen molar-refractivity contribution in [2.75, 3.05) is 6.54 Å². The molecule has 0 radical (unpaired) electrons. The van der Waals surface area contributed by atoms with Gasteiger partial charge in [-0.05, 0) is 39.2 Å². The minimum absolute atomic E-state index is 0.0968. The van der Waals surface area contributed by atoms with Crippen molar-refractivity contribution < 1.29 is 9.90 Å². The number of aliphatic imine (C=N–C) groups is 1. The molecule has 0 spiro atoms. The van der Waals surface area contributed by atoms with E-state index in [0.717, 1.165) is 25.1 Å². The predicted octanol–water partition coefficient (Wildman–Crippen LogP) is 0.352. The van der Waals surface area contributed by atoms with Crippen molar-refractivity contribution in [3.05, 3.63) is 11.6 Å². The maximum absolute atomic E-state index is 12.0. The van der Waals surface area contributed by atoms with Gasteiger partial charge in [-0.1, -0.05) is 0 Å². The lowest BCUT2D eigenvalue weighted by Gasteiger charge is -2.16. The smallest absolute Gasteiger partial charge is 0.249 e. The number of aliphatic hydroxyl groups is 1. The Morgan fingerprint density at radius 3 is 2.89 bits per heavy atom. The maximum atomic E-state index is 12.0. The molecule has 1 aliphatic heterocycles. The average Bonchev–Trinajstić information content (AvgIpc) is 2.88. The SMILES string of the molecule is CC(C)NC1=NCC(C(=O)N[C@H]2CCC[C@@H]2O)=C1. The van der Waals surface area contributed by atoms with Gasteiger partial charge in [0, 0.05) is 11.6 Å². The summed E-state index contributed by atoms with van der Waals surface area (Å²) in [6, 6.07) is 0.208. The van der Waals surface area contributed by atoms with Crippen LogP contribution >= 0.6 is 0 Å². The van der Waals surface area contributed by atoms with E-state index < -0.39 is 6.10 Å². The quantitative estimate of drug-likeness (QED) is 0.677. The molecule has 1 aliphatic carbocycles. The molecule has 1 saturated carbocycles. The summed E-state index contributed by atoms with van der Waals surface area (Å²) < 4.78 is 0. The van der Waals surface area contributed by atoms with Crippen LogP contribution in [0.25, 0.3) is 0 Å². The van der Waals surface area contributed by atoms with E-state index in [-0.39, 0.29) is 11.9 Å². The van der Waals surface area contributed by atoms with Gasteiger partial charge in [0.2, 0.25) is 5.91 Å². The second-order valence-corrected chi connectivity index (χ2v) is 5.25. The van der Waals surface area contributed by atoms with Crippen LogP contribution in [-0.2, 0) is 4.79 Å². The zero-order valence-corrected chi connectivity index (χ0v) is 10.9. The molecule has 0 aromatic carbocycles. The van der Waals surface area contributed by atoms with E-state index in [4.69, 9.17) is 0 Å². The van der Waals surface area contributed by atoms with Gasteiger partial charge in [-0.25, -0.2) is 0 Å². The number of carbonyl (C=O) groups excluding carboxylic acids is 1. The fourth-order valence-corrected chi connectivity index (χ4v) is 2.32. The minimum atomic E-state index is -0.398. The zero-order chi connectivity index (χ0) is 13.1. The fourth-order valence-electron chi connectivity index (χ4n) is 2.32. The van der Waals surface area contributed by atoms with Crippen molar-refractivity contribution in [3.63, 3.8) is 0 Å². The van der Waals surface area contributed by atoms with Crippen LogP contribution < -0.4 is 10.6 Å². The molecule has 1 heterocycles. The van der Waals surface area contributed by atoms with Crippen LogP contribution in [0.4, 0.5) is 0 Å². The van der Waals surface area contributed by atoms with Gasteiger partial charge in [0.05, 0.1) is 18.7 Å². The van der Waals surface area contributed by atoms with Gasteiger partial charge in [-0.2, -0.15) is 0 Å². The highest BCUT2D eigenvalue weighted by Gasteiger charge is 2.28. The van der Waals surface area contributed by atoms with Crippen LogP contribution in [0.15, 0.2) is 16.6 Å². The number of hydrogen-bond acceptors (Lipinski definition) is 4. The average molecular weight is 251 g/mol. The monoisotopic (exact) mass is 251 g/mol. The van der Waals surface area contributed by atoms with E-state index in [2.05, 4.69) is 15.6 Å². The van der Waals surface area contributed by atoms with Gasteiger partial charge in [0.1, 0.15) is 5.84 Å². The van der Waals surface area contributed by atoms with Gasteiger partial charge in [0.15, 0.2) is 0 Å². The topological polar surface area (TPSA) is 73.7 Å². The van der Waals surface area contributed by atoms with Crippen LogP contribution in [0, 0.1) is 0 Å². The number of carbonyl (C=O) groups is 1. The van der Waals surface area contributed by atoms with Gasteiger partial charge in [-0.15, -0.1) is 0 Å². The second kappa shape index (κ2) is 5.52. The first kappa shape index (κ1) is 13.1. The molecule has 0 bridgehead atoms. The van der Waals surface area contributed by atoms with Crippen molar-refractivity contribution in [3.8, 4) is 0 Å². The van der Waals surface area contributed by atoms with E-state index >= 15 is 0 Å². The summed E-state index contributed by atoms with van der Waals surface area (Å²) in [6.07, 6.45) is 4.00. The van der Waals surface area contributed by atoms with Crippen molar-refractivity contribution in [2.45, 2.75) is 51.3 Å². The van der Waals surface area contributed by atoms with Gasteiger partial charge < -0.3 is 15.7 Å². The molecule has 1 fully saturated rings. The first-order valence-corrected chi connectivity index (χ1v) is 6.56. The molecule has 18 heavy (non-hydrogen) atoms. The third-order valence-electron chi connectivity index (χ3n) is 3.25. The van der Waals surface area contributed by atoms with Crippen LogP contribution in [0.1, 0.15) is 33.1 Å². The molecular weight excluding hydrogens is 230 g/mol. The number of amides is 1. The number of aliphatic hydroxyl groups excluding tert-OH is 1. The Labute approximate surface area is 107 Å². The summed E-state index contributed by atoms with van der Waals surface area (Å²) in [5, 5.41) is 15.7. The maximum Gasteiger partial charge on any atom is 0.249 e. The van der Waals surface area contributed by atoms with Crippen LogP contribution in [0.5, 0.6) is 0 Å². The summed E-state index contributed by atoms with van der Waals surface area (Å²) in [6.45, 7) is 4.48. The highest BCUT2D eigenvalue weighted by Crippen LogP contribution is 2.19. The first-order chi connectivity index (χ1) is 8.56. The molecule has 0 unspecified atom stereocenters. The van der Waals surface area contributed by atoms with Gasteiger partial charge >= 0.3 is 0 Å². The highest BCUT2D eigenvalue weighted by molar-refractivity contribution is 6.06. The van der Waals surface area contributed by atoms with Crippen LogP contribution in [0.3, 0.4) is 0 Å². The third-order valence-corrected chi connectivity index (χ3v) is 3.25. The number of nitrogens with one attached hydrogen (secondary N) is 2. The van der Waals surface area contributed by atoms with E-state index in [1.165, 1.54) is 0 Å². The molecule has 0 aromatic heterocycles. The molecule has 2 aliphatic rings. The number of hydrogen-bond donors (Lipinski definition) is 3. The summed E-state index contributed by atoms with van der Waals surface area (Å²) in [5.41, 5.74) is 0.664. The molecule has 2 rings (SSSR count). The van der Waals surface area contributed by atoms with Gasteiger partial charge in [-0.3, -0.25) is 9.79 Å². The van der Waals surface area contributed by atoms with Crippen molar-refractivity contribution in [1.82, 2.24) is 10.6 Å². The Morgan fingerprint density at radius 1 is 1.50 bits per heavy atom. The van der Waals surface area contributed by atoms with E-state index in [9.17, 15) is 9.90 Å². The summed E-state index contributed by atoms with van der Waals surface area (Å²) in [4.78, 5) is 16.2. The van der Waals surface area contributed by atoms with E-state index in [0.29, 0.717) is 18.2 Å². The summed E-state index contributed by atoms with van der Waals surface area (Å²) in [7, 11) is 0. The minimum Gasteiger partial charge on any atom is -0.391 e. The molecule has 100 valence electrons. The lowest BCUT2D eigenvalue weighted by molar-refractivity contribution is -0.118. The molecular formula is C13H21N3O2. The third kappa shape index (κ3) is 3.10. The Morgan fingerprint density at radius 2 is 2.28 bits per heavy atom. The molecule has 0 aromatic rings. The lowest BCUT2D eigenvalue weighted by Crippen LogP contribution is -2.40. The fraction of sp³-hybridized carbons (Fsp3) is 0.692. The second-order valence-electron chi connectivity index (χ2n) is 5.25. The molecule has 0 saturated heterocycles. The Hall–Kier alpha value is -1.36. The molecule has 3 N–H and O–H groups in total. The molecule has 5 nitrogen and oxygen atoms in total. The van der Waals surface area contributed by atoms with Crippen LogP contribution in [0.2, 0.25) is 0 Å². The van der Waals surface area contributed by atoms with Gasteiger partial charge in [0.25, 0.3) is 0 Å². The van der Waals surface area contributed by atoms with Crippen molar-refractivity contribution in [1.29, 1.82) is 0 Å². The van der Waals surface area contributed by atoms with Crippen molar-refractivity contribution >= 4 is 11.7 Å². The van der Waals surface area contributed by atoms with E-state index in [1.54, 1.807) is 6.08 Å². The molecule has 2 atom stereocenters. The summed E-state index contributed by atoms with van der Waals surface area (Å²) >= 11 is 0. The Balaban J connectivity index is 1.87. The highest BCUT2D eigenvalue weighted by atomic mass is 16.3. The Bertz CT molecular complexity index is 388. The lowest BCUT2D eigenvalue weighted by atomic mass is 10.2. The molecule has 1 amide bonds. The number of nitrogens with zero attached hydrogens (tertiary/aromatic N) is 1. The predicted molar refractivity (Wildman–Crippen MR) is 70.4 cm³/mol. The normalized spacial score (nSPS) is 27.1. The number of amidine groups is 1. The van der Waals surface area contributed by atoms with E-state index in [1.807, 2.05) is 13.8 Å². The Kier molecular flexibility index (Phi) is 4.01. The summed E-state index contributed by atoms with van der Waals surface area (Å²) in [5.74, 6) is 0.660. The standard InChI is InChI=1S/C13H21N3O2/c1-8(2)15-12-6-9(7-14-12)13(18)16-10-4-3-5-11(10)17/h6,8,10-11,17H,3-5,7H2,1-2H3,(H,14,15)(H,16,18)/t10-,11-/m0/s1. The largest absolute Gasteiger partial charge is 0.391 e. The zero-order valence-electron chi connectivity index (χ0n) is 10.9. The number of rotatable bonds is 3.